The Balaban J connectivity index is 0.00000139. The molecule has 0 saturated carbocycles. The van der Waals surface area contributed by atoms with Gasteiger partial charge in [-0.15, -0.1) is 0 Å². The first-order valence-electron chi connectivity index (χ1n) is 10.4. The molecule has 2 heterocycles. The number of piperazine rings is 1. The number of likely N-dealkylation sites (tertiary alicyclic amines) is 1. The summed E-state index contributed by atoms with van der Waals surface area (Å²) in [5, 5.41) is 0. The molecule has 0 aromatic heterocycles. The molecule has 0 spiro atoms. The first-order chi connectivity index (χ1) is 11.8. The summed E-state index contributed by atoms with van der Waals surface area (Å²) in [6.07, 6.45) is 5.46. The van der Waals surface area contributed by atoms with E-state index in [-0.39, 0.29) is 0 Å². The van der Waals surface area contributed by atoms with Crippen LogP contribution >= 0.6 is 0 Å². The molecule has 2 aliphatic heterocycles. The van der Waals surface area contributed by atoms with Gasteiger partial charge in [0.1, 0.15) is 0 Å². The van der Waals surface area contributed by atoms with Gasteiger partial charge in [0.05, 0.1) is 6.61 Å². The maximum atomic E-state index is 5.45. The normalized spacial score (nSPS) is 24.6. The third-order valence-electron chi connectivity index (χ3n) is 5.57. The Morgan fingerprint density at radius 2 is 1.62 bits per heavy atom. The Kier molecular flexibility index (Phi) is 11.9. The van der Waals surface area contributed by atoms with Gasteiger partial charge >= 0.3 is 0 Å². The Labute approximate surface area is 151 Å². The zero-order chi connectivity index (χ0) is 17.8. The Morgan fingerprint density at radius 1 is 0.917 bits per heavy atom. The van der Waals surface area contributed by atoms with Gasteiger partial charge in [0.15, 0.2) is 0 Å². The molecule has 2 saturated heterocycles. The molecule has 0 aromatic carbocycles. The van der Waals surface area contributed by atoms with Crippen LogP contribution in [0.3, 0.4) is 0 Å². The molecular weight excluding hydrogens is 298 g/mol. The fourth-order valence-electron chi connectivity index (χ4n) is 4.05. The van der Waals surface area contributed by atoms with Crippen molar-refractivity contribution in [2.24, 2.45) is 5.92 Å². The van der Waals surface area contributed by atoms with Crippen LogP contribution < -0.4 is 0 Å². The molecule has 4 nitrogen and oxygen atoms in total. The second kappa shape index (κ2) is 13.1. The molecule has 0 aromatic rings. The monoisotopic (exact) mass is 341 g/mol. The summed E-state index contributed by atoms with van der Waals surface area (Å²) < 4.78 is 5.45. The fourth-order valence-corrected chi connectivity index (χ4v) is 4.05. The Bertz CT molecular complexity index is 293. The summed E-state index contributed by atoms with van der Waals surface area (Å²) in [6.45, 7) is 19.5. The van der Waals surface area contributed by atoms with Crippen LogP contribution in [0.25, 0.3) is 0 Å². The number of ether oxygens (including phenoxy) is 1. The van der Waals surface area contributed by atoms with Crippen LogP contribution in [0.1, 0.15) is 53.4 Å². The van der Waals surface area contributed by atoms with Crippen LogP contribution in [-0.2, 0) is 4.74 Å². The smallest absolute Gasteiger partial charge is 0.0630 e. The van der Waals surface area contributed by atoms with E-state index in [0.717, 1.165) is 12.5 Å². The lowest BCUT2D eigenvalue weighted by atomic mass is 9.93. The molecule has 0 radical (unpaired) electrons. The standard InChI is InChI=1S/C18H37N3O.C2H6/c1-4-9-21-14-13-20(15-18(21)16-22-3)12-8-17-6-10-19(5-2)11-7-17;1-2/h17-18H,4-16H2,1-3H3;1-2H3. The highest BCUT2D eigenvalue weighted by atomic mass is 16.5. The molecule has 0 amide bonds. The molecule has 0 N–H and O–H groups in total. The van der Waals surface area contributed by atoms with Crippen LogP contribution in [0.15, 0.2) is 0 Å². The summed E-state index contributed by atoms with van der Waals surface area (Å²) in [7, 11) is 1.84. The molecular formula is C20H43N3O. The Morgan fingerprint density at radius 3 is 2.21 bits per heavy atom. The average molecular weight is 342 g/mol. The molecule has 144 valence electrons. The van der Waals surface area contributed by atoms with Gasteiger partial charge < -0.3 is 14.5 Å². The van der Waals surface area contributed by atoms with Gasteiger partial charge in [-0.1, -0.05) is 27.7 Å². The zero-order valence-corrected chi connectivity index (χ0v) is 17.1. The van der Waals surface area contributed by atoms with Gasteiger partial charge in [-0.2, -0.15) is 0 Å². The molecule has 24 heavy (non-hydrogen) atoms. The first kappa shape index (κ1) is 21.9. The molecule has 1 atom stereocenters. The van der Waals surface area contributed by atoms with Crippen molar-refractivity contribution >= 4 is 0 Å². The Hall–Kier alpha value is -0.160. The predicted octanol–water partition coefficient (Wildman–Crippen LogP) is 3.18. The summed E-state index contributed by atoms with van der Waals surface area (Å²) in [5.74, 6) is 0.956. The van der Waals surface area contributed by atoms with Crippen LogP contribution in [0, 0.1) is 5.92 Å². The molecule has 4 heteroatoms. The number of nitrogens with zero attached hydrogens (tertiary/aromatic N) is 3. The van der Waals surface area contributed by atoms with Crippen LogP contribution in [0.4, 0.5) is 0 Å². The highest BCUT2D eigenvalue weighted by Gasteiger charge is 2.27. The second-order valence-corrected chi connectivity index (χ2v) is 7.11. The minimum Gasteiger partial charge on any atom is -0.383 e. The van der Waals surface area contributed by atoms with E-state index in [2.05, 4.69) is 28.5 Å². The van der Waals surface area contributed by atoms with Crippen molar-refractivity contribution in [3.63, 3.8) is 0 Å². The van der Waals surface area contributed by atoms with Gasteiger partial charge in [-0.3, -0.25) is 4.90 Å². The van der Waals surface area contributed by atoms with Crippen molar-refractivity contribution in [1.29, 1.82) is 0 Å². The van der Waals surface area contributed by atoms with Crippen molar-refractivity contribution in [3.05, 3.63) is 0 Å². The lowest BCUT2D eigenvalue weighted by Crippen LogP contribution is -2.55. The van der Waals surface area contributed by atoms with Crippen LogP contribution in [0.5, 0.6) is 0 Å². The van der Waals surface area contributed by atoms with E-state index in [1.165, 1.54) is 78.0 Å². The third kappa shape index (κ3) is 7.38. The summed E-state index contributed by atoms with van der Waals surface area (Å²) >= 11 is 0. The summed E-state index contributed by atoms with van der Waals surface area (Å²) in [5.41, 5.74) is 0. The van der Waals surface area contributed by atoms with E-state index in [9.17, 15) is 0 Å². The van der Waals surface area contributed by atoms with E-state index in [0.29, 0.717) is 6.04 Å². The fraction of sp³-hybridized carbons (Fsp3) is 1.00. The number of hydrogen-bond acceptors (Lipinski definition) is 4. The van der Waals surface area contributed by atoms with Crippen LogP contribution in [-0.4, -0.2) is 86.8 Å². The number of rotatable bonds is 8. The lowest BCUT2D eigenvalue weighted by molar-refractivity contribution is 0.0223. The van der Waals surface area contributed by atoms with Gasteiger partial charge in [0.25, 0.3) is 0 Å². The molecule has 2 fully saturated rings. The van der Waals surface area contributed by atoms with Gasteiger partial charge in [-0.05, 0) is 64.3 Å². The van der Waals surface area contributed by atoms with E-state index in [4.69, 9.17) is 4.74 Å². The third-order valence-corrected chi connectivity index (χ3v) is 5.57. The van der Waals surface area contributed by atoms with E-state index >= 15 is 0 Å². The molecule has 0 bridgehead atoms. The molecule has 1 unspecified atom stereocenters. The van der Waals surface area contributed by atoms with Crippen LogP contribution in [0.2, 0.25) is 0 Å². The molecule has 0 aliphatic carbocycles. The molecule has 2 aliphatic rings. The summed E-state index contributed by atoms with van der Waals surface area (Å²) in [4.78, 5) is 7.90. The topological polar surface area (TPSA) is 19.0 Å². The number of methoxy groups -OCH3 is 1. The highest BCUT2D eigenvalue weighted by Crippen LogP contribution is 2.21. The maximum Gasteiger partial charge on any atom is 0.0630 e. The van der Waals surface area contributed by atoms with Crippen molar-refractivity contribution in [1.82, 2.24) is 14.7 Å². The second-order valence-electron chi connectivity index (χ2n) is 7.11. The average Bonchev–Trinajstić information content (AvgIpc) is 2.64. The van der Waals surface area contributed by atoms with Gasteiger partial charge in [-0.25, -0.2) is 0 Å². The summed E-state index contributed by atoms with van der Waals surface area (Å²) in [6, 6.07) is 0.598. The minimum absolute atomic E-state index is 0.598. The van der Waals surface area contributed by atoms with Crippen molar-refractivity contribution in [2.75, 3.05) is 66.1 Å². The largest absolute Gasteiger partial charge is 0.383 e. The zero-order valence-electron chi connectivity index (χ0n) is 17.1. The minimum atomic E-state index is 0.598. The number of piperidine rings is 1. The highest BCUT2D eigenvalue weighted by molar-refractivity contribution is 4.83. The van der Waals surface area contributed by atoms with Crippen molar-refractivity contribution < 1.29 is 4.74 Å². The lowest BCUT2D eigenvalue weighted by Gasteiger charge is -2.42. The number of hydrogen-bond donors (Lipinski definition) is 0. The van der Waals surface area contributed by atoms with Gasteiger partial charge in [0, 0.05) is 32.8 Å². The van der Waals surface area contributed by atoms with E-state index in [1.807, 2.05) is 21.0 Å². The van der Waals surface area contributed by atoms with E-state index < -0.39 is 0 Å². The van der Waals surface area contributed by atoms with E-state index in [1.54, 1.807) is 0 Å². The quantitative estimate of drug-likeness (QED) is 0.675. The molecule has 2 rings (SSSR count). The predicted molar refractivity (Wildman–Crippen MR) is 105 cm³/mol. The van der Waals surface area contributed by atoms with Crippen molar-refractivity contribution in [2.45, 2.75) is 59.4 Å². The SMILES string of the molecule is CC.CCCN1CCN(CCC2CCN(CC)CC2)CC1COC. The maximum absolute atomic E-state index is 5.45. The van der Waals surface area contributed by atoms with Gasteiger partial charge in [0.2, 0.25) is 0 Å². The van der Waals surface area contributed by atoms with Crippen molar-refractivity contribution in [3.8, 4) is 0 Å². The first-order valence-corrected chi connectivity index (χ1v) is 10.4.